The molecule has 2 aliphatic rings. The van der Waals surface area contributed by atoms with Gasteiger partial charge in [0.2, 0.25) is 0 Å². The fraction of sp³-hybridized carbons (Fsp3) is 1.00. The van der Waals surface area contributed by atoms with Crippen LogP contribution in [0.3, 0.4) is 0 Å². The minimum absolute atomic E-state index is 0.377. The lowest BCUT2D eigenvalue weighted by Crippen LogP contribution is -2.40. The lowest BCUT2D eigenvalue weighted by atomic mass is 9.75. The number of rotatable bonds is 3. The number of β-amino-alcohol motifs (C(OH)–C–C–N with tert-alkyl or cyclic N) is 2. The quantitative estimate of drug-likeness (QED) is 0.772. The third kappa shape index (κ3) is 2.78. The van der Waals surface area contributed by atoms with Gasteiger partial charge in [0.1, 0.15) is 0 Å². The maximum Gasteiger partial charge on any atom is 0.0938 e. The molecule has 94 valence electrons. The predicted octanol–water partition coefficient (Wildman–Crippen LogP) is 1.37. The van der Waals surface area contributed by atoms with Crippen LogP contribution in [0.2, 0.25) is 0 Å². The highest BCUT2D eigenvalue weighted by molar-refractivity contribution is 9.09. The van der Waals surface area contributed by atoms with Crippen LogP contribution in [0, 0.1) is 5.41 Å². The molecule has 2 fully saturated rings. The van der Waals surface area contributed by atoms with E-state index in [0.29, 0.717) is 18.5 Å². The normalized spacial score (nSPS) is 35.4. The van der Waals surface area contributed by atoms with E-state index >= 15 is 0 Å². The molecule has 16 heavy (non-hydrogen) atoms. The SMILES string of the molecule is OC1CN(CC2(CBr)CCCCC2)CC1O. The summed E-state index contributed by atoms with van der Waals surface area (Å²) in [6, 6.07) is 0. The summed E-state index contributed by atoms with van der Waals surface area (Å²) in [5.41, 5.74) is 0.377. The van der Waals surface area contributed by atoms with E-state index < -0.39 is 12.2 Å². The van der Waals surface area contributed by atoms with Crippen LogP contribution in [0.4, 0.5) is 0 Å². The van der Waals surface area contributed by atoms with Crippen molar-refractivity contribution < 1.29 is 10.2 Å². The monoisotopic (exact) mass is 291 g/mol. The van der Waals surface area contributed by atoms with Gasteiger partial charge in [-0.2, -0.15) is 0 Å². The summed E-state index contributed by atoms with van der Waals surface area (Å²) < 4.78 is 0. The van der Waals surface area contributed by atoms with E-state index in [2.05, 4.69) is 20.8 Å². The van der Waals surface area contributed by atoms with Crippen LogP contribution in [0.15, 0.2) is 0 Å². The van der Waals surface area contributed by atoms with E-state index in [4.69, 9.17) is 0 Å². The Morgan fingerprint density at radius 1 is 1.06 bits per heavy atom. The van der Waals surface area contributed by atoms with Gasteiger partial charge in [-0.25, -0.2) is 0 Å². The third-order valence-electron chi connectivity index (χ3n) is 4.09. The standard InChI is InChI=1S/C12H22BrNO2/c13-8-12(4-2-1-3-5-12)9-14-6-10(15)11(16)7-14/h10-11,15-16H,1-9H2. The van der Waals surface area contributed by atoms with Gasteiger partial charge in [-0.15, -0.1) is 0 Å². The molecule has 0 aromatic heterocycles. The van der Waals surface area contributed by atoms with Crippen molar-refractivity contribution in [2.45, 2.75) is 44.3 Å². The molecule has 0 bridgehead atoms. The average molecular weight is 292 g/mol. The molecule has 2 N–H and O–H groups in total. The molecule has 2 rings (SSSR count). The second-order valence-electron chi connectivity index (χ2n) is 5.52. The summed E-state index contributed by atoms with van der Waals surface area (Å²) in [7, 11) is 0. The second kappa shape index (κ2) is 5.34. The summed E-state index contributed by atoms with van der Waals surface area (Å²) in [6.07, 6.45) is 5.48. The predicted molar refractivity (Wildman–Crippen MR) is 67.8 cm³/mol. The van der Waals surface area contributed by atoms with Gasteiger partial charge >= 0.3 is 0 Å². The van der Waals surface area contributed by atoms with Crippen LogP contribution in [0.1, 0.15) is 32.1 Å². The molecule has 2 atom stereocenters. The van der Waals surface area contributed by atoms with Crippen LogP contribution >= 0.6 is 15.9 Å². The molecule has 1 saturated heterocycles. The first-order chi connectivity index (χ1) is 7.65. The van der Waals surface area contributed by atoms with Crippen molar-refractivity contribution in [2.75, 3.05) is 25.0 Å². The van der Waals surface area contributed by atoms with Gasteiger partial charge in [0.15, 0.2) is 0 Å². The molecule has 0 aromatic rings. The first-order valence-electron chi connectivity index (χ1n) is 6.30. The van der Waals surface area contributed by atoms with Crippen molar-refractivity contribution in [3.8, 4) is 0 Å². The second-order valence-corrected chi connectivity index (χ2v) is 6.08. The van der Waals surface area contributed by atoms with Gasteiger partial charge in [-0.1, -0.05) is 35.2 Å². The van der Waals surface area contributed by atoms with Crippen LogP contribution in [0.25, 0.3) is 0 Å². The van der Waals surface area contributed by atoms with Gasteiger partial charge in [0, 0.05) is 25.0 Å². The molecule has 1 saturated carbocycles. The molecule has 1 aliphatic carbocycles. The Bertz CT molecular complexity index is 221. The number of hydrogen-bond donors (Lipinski definition) is 2. The molecule has 1 aliphatic heterocycles. The third-order valence-corrected chi connectivity index (χ3v) is 5.28. The van der Waals surface area contributed by atoms with Crippen molar-refractivity contribution >= 4 is 15.9 Å². The number of hydrogen-bond acceptors (Lipinski definition) is 3. The number of aliphatic hydroxyl groups excluding tert-OH is 2. The van der Waals surface area contributed by atoms with Gasteiger partial charge in [0.05, 0.1) is 12.2 Å². The van der Waals surface area contributed by atoms with E-state index in [1.807, 2.05) is 0 Å². The van der Waals surface area contributed by atoms with E-state index in [-0.39, 0.29) is 0 Å². The van der Waals surface area contributed by atoms with E-state index in [1.54, 1.807) is 0 Å². The van der Waals surface area contributed by atoms with Crippen molar-refractivity contribution in [1.29, 1.82) is 0 Å². The Morgan fingerprint density at radius 3 is 2.12 bits per heavy atom. The number of aliphatic hydroxyl groups is 2. The number of alkyl halides is 1. The first kappa shape index (κ1) is 12.8. The van der Waals surface area contributed by atoms with Crippen LogP contribution in [-0.4, -0.2) is 52.3 Å². The lowest BCUT2D eigenvalue weighted by molar-refractivity contribution is 0.0572. The number of nitrogens with zero attached hydrogens (tertiary/aromatic N) is 1. The summed E-state index contributed by atoms with van der Waals surface area (Å²) in [6.45, 7) is 2.29. The molecule has 0 radical (unpaired) electrons. The minimum atomic E-state index is -0.545. The molecule has 1 heterocycles. The minimum Gasteiger partial charge on any atom is -0.389 e. The van der Waals surface area contributed by atoms with E-state index in [0.717, 1.165) is 11.9 Å². The van der Waals surface area contributed by atoms with Crippen LogP contribution in [0.5, 0.6) is 0 Å². The molecule has 2 unspecified atom stereocenters. The number of likely N-dealkylation sites (tertiary alicyclic amines) is 1. The molecule has 3 nitrogen and oxygen atoms in total. The molecular formula is C12H22BrNO2. The Labute approximate surface area is 106 Å². The summed E-state index contributed by atoms with van der Waals surface area (Å²) >= 11 is 3.65. The van der Waals surface area contributed by atoms with Crippen molar-refractivity contribution in [2.24, 2.45) is 5.41 Å². The summed E-state index contributed by atoms with van der Waals surface area (Å²) in [5, 5.41) is 20.1. The zero-order valence-electron chi connectivity index (χ0n) is 9.74. The molecule has 4 heteroatoms. The summed E-state index contributed by atoms with van der Waals surface area (Å²) in [5.74, 6) is 0. The van der Waals surface area contributed by atoms with Gasteiger partial charge in [-0.3, -0.25) is 4.90 Å². The zero-order valence-corrected chi connectivity index (χ0v) is 11.3. The lowest BCUT2D eigenvalue weighted by Gasteiger charge is -2.38. The zero-order chi connectivity index (χ0) is 11.6. The summed E-state index contributed by atoms with van der Waals surface area (Å²) in [4.78, 5) is 2.22. The van der Waals surface area contributed by atoms with Gasteiger partial charge < -0.3 is 10.2 Å². The largest absolute Gasteiger partial charge is 0.389 e. The maximum atomic E-state index is 9.55. The van der Waals surface area contributed by atoms with Crippen molar-refractivity contribution in [3.63, 3.8) is 0 Å². The smallest absolute Gasteiger partial charge is 0.0938 e. The first-order valence-corrected chi connectivity index (χ1v) is 7.42. The Hall–Kier alpha value is 0.360. The molecule has 0 amide bonds. The molecular weight excluding hydrogens is 270 g/mol. The Morgan fingerprint density at radius 2 is 1.62 bits per heavy atom. The molecule has 0 aromatic carbocycles. The van der Waals surface area contributed by atoms with E-state index in [9.17, 15) is 10.2 Å². The highest BCUT2D eigenvalue weighted by atomic mass is 79.9. The fourth-order valence-corrected chi connectivity index (χ4v) is 3.82. The highest BCUT2D eigenvalue weighted by Gasteiger charge is 2.37. The molecule has 0 spiro atoms. The topological polar surface area (TPSA) is 43.7 Å². The fourth-order valence-electron chi connectivity index (χ4n) is 3.09. The van der Waals surface area contributed by atoms with Gasteiger partial charge in [0.25, 0.3) is 0 Å². The Kier molecular flexibility index (Phi) is 4.27. The van der Waals surface area contributed by atoms with Crippen molar-refractivity contribution in [3.05, 3.63) is 0 Å². The highest BCUT2D eigenvalue weighted by Crippen LogP contribution is 2.39. The average Bonchev–Trinajstić information content (AvgIpc) is 2.59. The maximum absolute atomic E-state index is 9.55. The van der Waals surface area contributed by atoms with Crippen LogP contribution in [-0.2, 0) is 0 Å². The Balaban J connectivity index is 1.91. The van der Waals surface area contributed by atoms with Crippen molar-refractivity contribution in [1.82, 2.24) is 4.90 Å². The number of halogens is 1. The van der Waals surface area contributed by atoms with Crippen LogP contribution < -0.4 is 0 Å². The van der Waals surface area contributed by atoms with Gasteiger partial charge in [-0.05, 0) is 18.3 Å². The van der Waals surface area contributed by atoms with E-state index in [1.165, 1.54) is 32.1 Å².